The van der Waals surface area contributed by atoms with Crippen molar-refractivity contribution in [3.8, 4) is 0 Å². The van der Waals surface area contributed by atoms with Crippen molar-refractivity contribution in [3.05, 3.63) is 36.0 Å². The molecule has 2 atom stereocenters. The molecule has 1 amide bonds. The minimum Gasteiger partial charge on any atom is -0.549 e. The number of aliphatic carboxylic acids is 6. The number of carboxylic acids is 6. The third kappa shape index (κ3) is 12.9. The summed E-state index contributed by atoms with van der Waals surface area (Å²) in [5.74, 6) is -10.8. The van der Waals surface area contributed by atoms with Crippen LogP contribution < -0.4 is 36.0 Å². The van der Waals surface area contributed by atoms with Crippen molar-refractivity contribution in [1.82, 2.24) is 25.0 Å². The third-order valence-electron chi connectivity index (χ3n) is 6.89. The summed E-state index contributed by atoms with van der Waals surface area (Å²) < 4.78 is 0. The molecule has 0 saturated carbocycles. The van der Waals surface area contributed by atoms with Gasteiger partial charge < -0.3 is 69.7 Å². The van der Waals surface area contributed by atoms with Crippen molar-refractivity contribution in [3.63, 3.8) is 0 Å². The van der Waals surface area contributed by atoms with Crippen LogP contribution in [0.1, 0.15) is 18.4 Å². The Morgan fingerprint density at radius 1 is 0.696 bits per heavy atom. The molecule has 0 saturated heterocycles. The minimum atomic E-state index is -1.74. The Bertz CT molecular complexity index is 1340. The summed E-state index contributed by atoms with van der Waals surface area (Å²) in [4.78, 5) is 86.8. The monoisotopic (exact) mass is 645 g/mol. The van der Waals surface area contributed by atoms with Gasteiger partial charge in [-0.25, -0.2) is 0 Å². The van der Waals surface area contributed by atoms with Crippen LogP contribution in [-0.2, 0) is 40.0 Å². The zero-order valence-corrected chi connectivity index (χ0v) is 24.5. The second-order valence-electron chi connectivity index (χ2n) is 10.3. The Hall–Kier alpha value is -5.07. The fourth-order valence-electron chi connectivity index (χ4n) is 4.82. The highest BCUT2D eigenvalue weighted by atomic mass is 16.4. The van der Waals surface area contributed by atoms with Crippen molar-refractivity contribution >= 4 is 52.6 Å². The first-order valence-electron chi connectivity index (χ1n) is 13.9. The molecule has 1 aromatic carbocycles. The predicted molar refractivity (Wildman–Crippen MR) is 141 cm³/mol. The smallest absolute Gasteiger partial charge is 0.220 e. The van der Waals surface area contributed by atoms with E-state index in [0.717, 1.165) is 20.2 Å². The molecule has 2 N–H and O–H groups in total. The Morgan fingerprint density at radius 2 is 1.20 bits per heavy atom. The van der Waals surface area contributed by atoms with Crippen LogP contribution in [0.3, 0.4) is 0 Å². The second kappa shape index (κ2) is 18.0. The van der Waals surface area contributed by atoms with Crippen LogP contribution in [0.5, 0.6) is 0 Å². The number of benzene rings is 1. The maximum Gasteiger partial charge on any atom is 0.220 e. The molecule has 0 radical (unpaired) electrons. The normalized spacial score (nSPS) is 12.7. The van der Waals surface area contributed by atoms with Gasteiger partial charge in [0.15, 0.2) is 0 Å². The predicted octanol–water partition coefficient (Wildman–Crippen LogP) is -9.25. The van der Waals surface area contributed by atoms with Crippen molar-refractivity contribution in [2.45, 2.75) is 31.3 Å². The number of amides is 1. The molecular formula is C28H31N5O13-6. The van der Waals surface area contributed by atoms with Crippen molar-refractivity contribution in [2.24, 2.45) is 0 Å². The number of rotatable bonds is 23. The molecule has 0 aliphatic rings. The maximum absolute atomic E-state index is 12.8. The molecule has 2 unspecified atom stereocenters. The van der Waals surface area contributed by atoms with Gasteiger partial charge in [0, 0.05) is 88.3 Å². The molecule has 0 aliphatic heterocycles. The fraction of sp³-hybridized carbons (Fsp3) is 0.464. The lowest BCUT2D eigenvalue weighted by atomic mass is 10.0. The Morgan fingerprint density at radius 3 is 1.65 bits per heavy atom. The fourth-order valence-corrected chi connectivity index (χ4v) is 4.82. The van der Waals surface area contributed by atoms with Crippen molar-refractivity contribution < 1.29 is 64.2 Å². The lowest BCUT2D eigenvalue weighted by Gasteiger charge is -2.36. The SMILES string of the molecule is O=C([O-])CN(CCN(CCN(CC(=O)[O-])CC(=O)[O-])C(CCC(=O)NC(Cc1c[nH]c2ccccc12)C(=O)[O-])C(=O)[O-])CC(=O)[O-]. The second-order valence-corrected chi connectivity index (χ2v) is 10.3. The first kappa shape index (κ1) is 37.1. The number of hydrogen-bond acceptors (Lipinski definition) is 16. The Balaban J connectivity index is 2.20. The van der Waals surface area contributed by atoms with E-state index in [-0.39, 0.29) is 19.5 Å². The maximum atomic E-state index is 12.8. The van der Waals surface area contributed by atoms with Gasteiger partial charge in [-0.15, -0.1) is 0 Å². The number of fused-ring (bicyclic) bond motifs is 1. The summed E-state index contributed by atoms with van der Waals surface area (Å²) in [5.41, 5.74) is 1.30. The number of carboxylic acid groups (broad SMARTS) is 6. The molecule has 252 valence electrons. The third-order valence-corrected chi connectivity index (χ3v) is 6.89. The molecule has 0 fully saturated rings. The lowest BCUT2D eigenvalue weighted by Crippen LogP contribution is -2.55. The standard InChI is InChI=1S/C28H37N5O13/c34-22(30-20(27(43)44)11-17-12-29-19-4-2-1-3-18(17)19)6-5-21(28(45)46)33(9-7-31(13-23(35)36)14-24(37)38)10-8-32(15-25(39)40)16-26(41)42/h1-4,12,20-21,29H,5-11,13-16H2,(H,30,34)(H,35,36)(H,37,38)(H,39,40)(H,41,42)(H,43,44)(H,45,46)/p-6. The number of para-hydroxylation sites is 1. The highest BCUT2D eigenvalue weighted by Gasteiger charge is 2.24. The zero-order valence-electron chi connectivity index (χ0n) is 24.5. The van der Waals surface area contributed by atoms with E-state index in [1.54, 1.807) is 30.5 Å². The Kier molecular flexibility index (Phi) is 14.6. The van der Waals surface area contributed by atoms with Crippen molar-refractivity contribution in [2.75, 3.05) is 52.4 Å². The number of carbonyl (C=O) groups excluding carboxylic acids is 7. The Labute approximate surface area is 261 Å². The number of nitrogens with zero attached hydrogens (tertiary/aromatic N) is 3. The molecule has 2 aromatic rings. The van der Waals surface area contributed by atoms with Gasteiger partial charge in [-0.3, -0.25) is 19.5 Å². The van der Waals surface area contributed by atoms with Crippen LogP contribution >= 0.6 is 0 Å². The molecule has 2 rings (SSSR count). The van der Waals surface area contributed by atoms with Gasteiger partial charge in [0.05, 0.1) is 41.9 Å². The summed E-state index contributed by atoms with van der Waals surface area (Å²) in [6.45, 7) is -5.04. The van der Waals surface area contributed by atoms with E-state index < -0.39 is 106 Å². The number of carbonyl (C=O) groups is 7. The van der Waals surface area contributed by atoms with Crippen LogP contribution in [0, 0.1) is 0 Å². The molecular weight excluding hydrogens is 614 g/mol. The highest BCUT2D eigenvalue weighted by Crippen LogP contribution is 2.19. The topological polar surface area (TPSA) is 295 Å². The number of aromatic amines is 1. The summed E-state index contributed by atoms with van der Waals surface area (Å²) >= 11 is 0. The highest BCUT2D eigenvalue weighted by molar-refractivity contribution is 5.86. The van der Waals surface area contributed by atoms with Gasteiger partial charge >= 0.3 is 0 Å². The van der Waals surface area contributed by atoms with Crippen LogP contribution in [0.4, 0.5) is 0 Å². The molecule has 46 heavy (non-hydrogen) atoms. The molecule has 18 nitrogen and oxygen atoms in total. The summed E-state index contributed by atoms with van der Waals surface area (Å²) in [6.07, 6.45) is 0.359. The van der Waals surface area contributed by atoms with E-state index in [9.17, 15) is 64.2 Å². The molecule has 0 aliphatic carbocycles. The van der Waals surface area contributed by atoms with Crippen LogP contribution in [0.2, 0.25) is 0 Å². The van der Waals surface area contributed by atoms with Gasteiger partial charge in [0.2, 0.25) is 5.91 Å². The summed E-state index contributed by atoms with van der Waals surface area (Å²) in [5, 5.41) is 71.3. The first-order valence-corrected chi connectivity index (χ1v) is 13.9. The van der Waals surface area contributed by atoms with E-state index in [1.807, 2.05) is 0 Å². The van der Waals surface area contributed by atoms with Gasteiger partial charge in [-0.2, -0.15) is 0 Å². The van der Waals surface area contributed by atoms with E-state index in [1.165, 1.54) is 0 Å². The van der Waals surface area contributed by atoms with Crippen LogP contribution in [0.15, 0.2) is 30.5 Å². The molecule has 0 spiro atoms. The van der Waals surface area contributed by atoms with Gasteiger partial charge in [-0.05, 0) is 18.1 Å². The quantitative estimate of drug-likeness (QED) is 0.113. The van der Waals surface area contributed by atoms with Gasteiger partial charge in [-0.1, -0.05) is 18.2 Å². The van der Waals surface area contributed by atoms with E-state index in [2.05, 4.69) is 10.3 Å². The van der Waals surface area contributed by atoms with E-state index >= 15 is 0 Å². The van der Waals surface area contributed by atoms with E-state index in [4.69, 9.17) is 0 Å². The largest absolute Gasteiger partial charge is 0.549 e. The molecule has 1 aromatic heterocycles. The average molecular weight is 646 g/mol. The number of hydrogen-bond donors (Lipinski definition) is 2. The van der Waals surface area contributed by atoms with Gasteiger partial charge in [0.25, 0.3) is 0 Å². The van der Waals surface area contributed by atoms with E-state index in [0.29, 0.717) is 10.9 Å². The van der Waals surface area contributed by atoms with Gasteiger partial charge in [0.1, 0.15) is 0 Å². The molecule has 1 heterocycles. The first-order chi connectivity index (χ1) is 21.7. The number of aromatic nitrogens is 1. The summed E-state index contributed by atoms with van der Waals surface area (Å²) in [7, 11) is 0. The number of nitrogens with one attached hydrogen (secondary N) is 2. The average Bonchev–Trinajstić information content (AvgIpc) is 3.34. The minimum absolute atomic E-state index is 0.159. The summed E-state index contributed by atoms with van der Waals surface area (Å²) in [6, 6.07) is 3.90. The molecule has 18 heteroatoms. The van der Waals surface area contributed by atoms with Crippen LogP contribution in [0.25, 0.3) is 10.9 Å². The number of H-pyrrole nitrogens is 1. The lowest BCUT2D eigenvalue weighted by molar-refractivity contribution is -0.314. The van der Waals surface area contributed by atoms with Crippen LogP contribution in [-0.4, -0.2) is 126 Å². The van der Waals surface area contributed by atoms with Crippen molar-refractivity contribution in [1.29, 1.82) is 0 Å². The zero-order chi connectivity index (χ0) is 34.4. The molecule has 0 bridgehead atoms.